The summed E-state index contributed by atoms with van der Waals surface area (Å²) < 4.78 is 0. The van der Waals surface area contributed by atoms with Crippen LogP contribution in [0.1, 0.15) is 5.56 Å². The third kappa shape index (κ3) is 1.80. The first-order valence-corrected chi connectivity index (χ1v) is 4.90. The molecule has 0 bridgehead atoms. The van der Waals surface area contributed by atoms with Crippen LogP contribution in [0.4, 0.5) is 5.69 Å². The maximum Gasteiger partial charge on any atom is 0.277 e. The molecule has 3 heteroatoms. The molecule has 0 fully saturated rings. The second kappa shape index (κ2) is 4.14. The van der Waals surface area contributed by atoms with Crippen LogP contribution in [0.15, 0.2) is 42.5 Å². The number of hydrogen-bond donors (Lipinski definition) is 0. The fourth-order valence-corrected chi connectivity index (χ4v) is 1.73. The Balaban J connectivity index is 2.68. The number of aryl methyl sites for hydroxylation is 1. The van der Waals surface area contributed by atoms with E-state index in [-0.39, 0.29) is 10.6 Å². The van der Waals surface area contributed by atoms with Crippen LogP contribution in [0.25, 0.3) is 11.1 Å². The molecule has 3 nitrogen and oxygen atoms in total. The van der Waals surface area contributed by atoms with Gasteiger partial charge in [-0.05, 0) is 24.1 Å². The number of nitro groups is 1. The van der Waals surface area contributed by atoms with Gasteiger partial charge in [0.25, 0.3) is 5.69 Å². The van der Waals surface area contributed by atoms with E-state index >= 15 is 0 Å². The van der Waals surface area contributed by atoms with Gasteiger partial charge in [0.15, 0.2) is 0 Å². The van der Waals surface area contributed by atoms with Crippen molar-refractivity contribution in [2.24, 2.45) is 0 Å². The zero-order valence-corrected chi connectivity index (χ0v) is 8.81. The molecule has 79 valence electrons. The van der Waals surface area contributed by atoms with Gasteiger partial charge in [0.05, 0.1) is 10.5 Å². The molecular weight excluding hydrogens is 202 g/mol. The van der Waals surface area contributed by atoms with E-state index in [4.69, 9.17) is 0 Å². The minimum absolute atomic E-state index is 0.145. The first-order chi connectivity index (χ1) is 7.70. The van der Waals surface area contributed by atoms with Crippen LogP contribution >= 0.6 is 0 Å². The maximum absolute atomic E-state index is 10.9. The summed E-state index contributed by atoms with van der Waals surface area (Å²) in [4.78, 5) is 10.6. The maximum atomic E-state index is 10.9. The van der Waals surface area contributed by atoms with E-state index in [1.165, 1.54) is 6.07 Å². The predicted octanol–water partition coefficient (Wildman–Crippen LogP) is 3.37. The van der Waals surface area contributed by atoms with Crippen LogP contribution in [0.5, 0.6) is 0 Å². The van der Waals surface area contributed by atoms with Crippen LogP contribution in [0.3, 0.4) is 0 Å². The van der Waals surface area contributed by atoms with Crippen molar-refractivity contribution in [3.05, 3.63) is 64.2 Å². The summed E-state index contributed by atoms with van der Waals surface area (Å²) in [6, 6.07) is 15.2. The highest BCUT2D eigenvalue weighted by Crippen LogP contribution is 2.32. The van der Waals surface area contributed by atoms with Gasteiger partial charge >= 0.3 is 0 Å². The summed E-state index contributed by atoms with van der Waals surface area (Å²) in [6.07, 6.45) is 0. The van der Waals surface area contributed by atoms with E-state index in [0.717, 1.165) is 11.1 Å². The summed E-state index contributed by atoms with van der Waals surface area (Å²) in [5, 5.41) is 10.9. The van der Waals surface area contributed by atoms with Gasteiger partial charge in [-0.1, -0.05) is 36.4 Å². The normalized spacial score (nSPS) is 10.1. The van der Waals surface area contributed by atoms with E-state index in [9.17, 15) is 10.1 Å². The molecular formula is C13H10NO2. The lowest BCUT2D eigenvalue weighted by Gasteiger charge is -2.06. The van der Waals surface area contributed by atoms with Crippen LogP contribution in [-0.2, 0) is 0 Å². The molecule has 0 saturated heterocycles. The molecule has 0 heterocycles. The van der Waals surface area contributed by atoms with E-state index in [1.807, 2.05) is 25.1 Å². The second-order valence-corrected chi connectivity index (χ2v) is 3.51. The van der Waals surface area contributed by atoms with Crippen molar-refractivity contribution in [3.8, 4) is 11.1 Å². The van der Waals surface area contributed by atoms with Gasteiger partial charge in [-0.25, -0.2) is 0 Å². The summed E-state index contributed by atoms with van der Waals surface area (Å²) in [5.41, 5.74) is 2.58. The average Bonchev–Trinajstić information content (AvgIpc) is 2.29. The Morgan fingerprint density at radius 3 is 2.50 bits per heavy atom. The summed E-state index contributed by atoms with van der Waals surface area (Å²) >= 11 is 0. The molecule has 0 aromatic heterocycles. The summed E-state index contributed by atoms with van der Waals surface area (Å²) in [7, 11) is 0. The van der Waals surface area contributed by atoms with E-state index < -0.39 is 0 Å². The van der Waals surface area contributed by atoms with Gasteiger partial charge < -0.3 is 0 Å². The molecule has 0 amide bonds. The van der Waals surface area contributed by atoms with Crippen molar-refractivity contribution >= 4 is 5.69 Å². The van der Waals surface area contributed by atoms with Crippen molar-refractivity contribution < 1.29 is 4.92 Å². The topological polar surface area (TPSA) is 43.1 Å². The van der Waals surface area contributed by atoms with Gasteiger partial charge in [-0.15, -0.1) is 0 Å². The fourth-order valence-electron chi connectivity index (χ4n) is 1.73. The van der Waals surface area contributed by atoms with E-state index in [2.05, 4.69) is 6.07 Å². The zero-order chi connectivity index (χ0) is 11.5. The van der Waals surface area contributed by atoms with Crippen LogP contribution < -0.4 is 0 Å². The number of hydrogen-bond acceptors (Lipinski definition) is 2. The van der Waals surface area contributed by atoms with E-state index in [0.29, 0.717) is 5.56 Å². The zero-order valence-electron chi connectivity index (χ0n) is 8.81. The van der Waals surface area contributed by atoms with Crippen LogP contribution in [0, 0.1) is 23.1 Å². The molecule has 0 atom stereocenters. The molecule has 0 saturated carbocycles. The second-order valence-electron chi connectivity index (χ2n) is 3.51. The molecule has 0 aliphatic heterocycles. The molecule has 2 aromatic rings. The Labute approximate surface area is 93.5 Å². The molecule has 0 aliphatic rings. The lowest BCUT2D eigenvalue weighted by molar-refractivity contribution is -0.384. The number of benzene rings is 2. The molecule has 0 unspecified atom stereocenters. The van der Waals surface area contributed by atoms with Gasteiger partial charge in [0.2, 0.25) is 0 Å². The fraction of sp³-hybridized carbons (Fsp3) is 0.0769. The van der Waals surface area contributed by atoms with Crippen LogP contribution in [-0.4, -0.2) is 4.92 Å². The lowest BCUT2D eigenvalue weighted by Crippen LogP contribution is -1.93. The monoisotopic (exact) mass is 212 g/mol. The summed E-state index contributed by atoms with van der Waals surface area (Å²) in [6.45, 7) is 1.87. The first kappa shape index (κ1) is 10.4. The number of nitrogens with zero attached hydrogens (tertiary/aromatic N) is 1. The lowest BCUT2D eigenvalue weighted by atomic mass is 9.99. The van der Waals surface area contributed by atoms with Crippen molar-refractivity contribution in [1.82, 2.24) is 0 Å². The summed E-state index contributed by atoms with van der Waals surface area (Å²) in [5.74, 6) is 0. The van der Waals surface area contributed by atoms with Crippen LogP contribution in [0.2, 0.25) is 0 Å². The van der Waals surface area contributed by atoms with Gasteiger partial charge in [-0.2, -0.15) is 0 Å². The minimum atomic E-state index is -0.348. The van der Waals surface area contributed by atoms with E-state index in [1.54, 1.807) is 18.2 Å². The Hall–Kier alpha value is -2.16. The Morgan fingerprint density at radius 2 is 1.88 bits per heavy atom. The van der Waals surface area contributed by atoms with Gasteiger partial charge in [0, 0.05) is 6.07 Å². The highest BCUT2D eigenvalue weighted by atomic mass is 16.6. The Morgan fingerprint density at radius 1 is 1.19 bits per heavy atom. The Kier molecular flexibility index (Phi) is 2.68. The van der Waals surface area contributed by atoms with Gasteiger partial charge in [0.1, 0.15) is 0 Å². The first-order valence-electron chi connectivity index (χ1n) is 4.90. The number of rotatable bonds is 2. The molecule has 2 aromatic carbocycles. The third-order valence-corrected chi connectivity index (χ3v) is 2.45. The Bertz CT molecular complexity index is 521. The average molecular weight is 212 g/mol. The molecule has 0 spiro atoms. The molecule has 0 aliphatic carbocycles. The van der Waals surface area contributed by atoms with Gasteiger partial charge in [-0.3, -0.25) is 10.1 Å². The smallest absolute Gasteiger partial charge is 0.258 e. The van der Waals surface area contributed by atoms with Crippen molar-refractivity contribution in [2.75, 3.05) is 0 Å². The minimum Gasteiger partial charge on any atom is -0.258 e. The molecule has 16 heavy (non-hydrogen) atoms. The van der Waals surface area contributed by atoms with Crippen molar-refractivity contribution in [2.45, 2.75) is 6.92 Å². The van der Waals surface area contributed by atoms with Crippen molar-refractivity contribution in [3.63, 3.8) is 0 Å². The SMILES string of the molecule is Cc1cccc([N+](=O)[O-])c1-c1cc[c]cc1. The highest BCUT2D eigenvalue weighted by Gasteiger charge is 2.16. The largest absolute Gasteiger partial charge is 0.277 e. The molecule has 2 rings (SSSR count). The quantitative estimate of drug-likeness (QED) is 0.565. The predicted molar refractivity (Wildman–Crippen MR) is 62.1 cm³/mol. The molecule has 1 radical (unpaired) electrons. The van der Waals surface area contributed by atoms with Crippen molar-refractivity contribution in [1.29, 1.82) is 0 Å². The standard InChI is InChI=1S/C13H10NO2/c1-10-6-5-9-12(14(15)16)13(10)11-7-3-2-4-8-11/h3-9H,1H3. The third-order valence-electron chi connectivity index (χ3n) is 2.45. The number of nitro benzene ring substituents is 1. The highest BCUT2D eigenvalue weighted by molar-refractivity contribution is 5.76. The molecule has 0 N–H and O–H groups in total.